The van der Waals surface area contributed by atoms with Gasteiger partial charge in [0.05, 0.1) is 0 Å². The second kappa shape index (κ2) is 5.09. The number of aromatic nitrogens is 2. The molecule has 4 nitrogen and oxygen atoms in total. The number of halogens is 3. The van der Waals surface area contributed by atoms with E-state index < -0.39 is 11.9 Å². The molecule has 1 aromatic heterocycles. The zero-order valence-corrected chi connectivity index (χ0v) is 9.82. The Hall–Kier alpha value is -1.37. The summed E-state index contributed by atoms with van der Waals surface area (Å²) in [6.45, 7) is 1.93. The highest BCUT2D eigenvalue weighted by atomic mass is 19.4. The van der Waals surface area contributed by atoms with Crippen molar-refractivity contribution in [2.24, 2.45) is 11.7 Å². The molecule has 0 bridgehead atoms. The van der Waals surface area contributed by atoms with Gasteiger partial charge in [-0.2, -0.15) is 13.2 Å². The van der Waals surface area contributed by atoms with E-state index in [9.17, 15) is 13.2 Å². The molecule has 0 unspecified atom stereocenters. The van der Waals surface area contributed by atoms with Gasteiger partial charge in [0, 0.05) is 19.3 Å². The molecule has 2 N–H and O–H groups in total. The third kappa shape index (κ3) is 2.90. The fourth-order valence-corrected chi connectivity index (χ4v) is 2.03. The summed E-state index contributed by atoms with van der Waals surface area (Å²) in [5, 5.41) is 0. The number of rotatable bonds is 2. The highest BCUT2D eigenvalue weighted by Crippen LogP contribution is 2.28. The number of nitrogens with zero attached hydrogens (tertiary/aromatic N) is 3. The van der Waals surface area contributed by atoms with Crippen molar-refractivity contribution in [2.75, 3.05) is 24.5 Å². The smallest absolute Gasteiger partial charge is 0.341 e. The molecule has 0 atom stereocenters. The van der Waals surface area contributed by atoms with Crippen molar-refractivity contribution in [1.82, 2.24) is 9.97 Å². The van der Waals surface area contributed by atoms with Crippen LogP contribution in [-0.2, 0) is 6.18 Å². The Morgan fingerprint density at radius 1 is 1.33 bits per heavy atom. The van der Waals surface area contributed by atoms with Crippen molar-refractivity contribution in [2.45, 2.75) is 19.0 Å². The van der Waals surface area contributed by atoms with E-state index >= 15 is 0 Å². The molecule has 2 heterocycles. The molecule has 1 fully saturated rings. The molecule has 0 spiro atoms. The number of piperidine rings is 1. The molecule has 0 saturated carbocycles. The second-order valence-electron chi connectivity index (χ2n) is 4.41. The van der Waals surface area contributed by atoms with Crippen molar-refractivity contribution in [3.05, 3.63) is 18.0 Å². The molecule has 1 aliphatic rings. The van der Waals surface area contributed by atoms with Crippen LogP contribution in [0.2, 0.25) is 0 Å². The monoisotopic (exact) mass is 260 g/mol. The number of anilines is 1. The van der Waals surface area contributed by atoms with Crippen molar-refractivity contribution >= 4 is 5.95 Å². The molecular formula is C11H15F3N4. The maximum absolute atomic E-state index is 12.5. The molecular weight excluding hydrogens is 245 g/mol. The Morgan fingerprint density at radius 2 is 2.00 bits per heavy atom. The summed E-state index contributed by atoms with van der Waals surface area (Å²) in [7, 11) is 0. The zero-order valence-electron chi connectivity index (χ0n) is 9.82. The van der Waals surface area contributed by atoms with Crippen molar-refractivity contribution in [3.63, 3.8) is 0 Å². The van der Waals surface area contributed by atoms with Crippen LogP contribution in [0.3, 0.4) is 0 Å². The molecule has 0 aliphatic carbocycles. The summed E-state index contributed by atoms with van der Waals surface area (Å²) in [5.41, 5.74) is 4.68. The first-order valence-electron chi connectivity index (χ1n) is 5.86. The Bertz CT molecular complexity index is 400. The van der Waals surface area contributed by atoms with E-state index in [4.69, 9.17) is 5.73 Å². The molecule has 0 radical (unpaired) electrons. The lowest BCUT2D eigenvalue weighted by Crippen LogP contribution is -2.37. The Kier molecular flexibility index (Phi) is 3.70. The van der Waals surface area contributed by atoms with Gasteiger partial charge in [-0.15, -0.1) is 0 Å². The van der Waals surface area contributed by atoms with Crippen LogP contribution in [0, 0.1) is 5.92 Å². The van der Waals surface area contributed by atoms with Crippen LogP contribution in [0.25, 0.3) is 0 Å². The van der Waals surface area contributed by atoms with E-state index in [0.717, 1.165) is 25.1 Å². The minimum absolute atomic E-state index is 0.153. The van der Waals surface area contributed by atoms with E-state index in [1.165, 1.54) is 0 Å². The molecule has 100 valence electrons. The Balaban J connectivity index is 2.10. The SMILES string of the molecule is NCC1CCN(c2nccc(C(F)(F)F)n2)CC1. The summed E-state index contributed by atoms with van der Waals surface area (Å²) < 4.78 is 37.6. The predicted octanol–water partition coefficient (Wildman–Crippen LogP) is 1.67. The van der Waals surface area contributed by atoms with Crippen LogP contribution < -0.4 is 10.6 Å². The van der Waals surface area contributed by atoms with Gasteiger partial charge in [-0.3, -0.25) is 0 Å². The van der Waals surface area contributed by atoms with Crippen LogP contribution >= 0.6 is 0 Å². The van der Waals surface area contributed by atoms with E-state index in [1.54, 1.807) is 4.90 Å². The summed E-state index contributed by atoms with van der Waals surface area (Å²) in [6, 6.07) is 0.885. The molecule has 1 aliphatic heterocycles. The quantitative estimate of drug-likeness (QED) is 0.878. The Morgan fingerprint density at radius 3 is 2.56 bits per heavy atom. The maximum atomic E-state index is 12.5. The number of hydrogen-bond donors (Lipinski definition) is 1. The fraction of sp³-hybridized carbons (Fsp3) is 0.636. The summed E-state index contributed by atoms with van der Waals surface area (Å²) in [5.74, 6) is 0.604. The molecule has 0 amide bonds. The summed E-state index contributed by atoms with van der Waals surface area (Å²) in [4.78, 5) is 9.27. The Labute approximate surface area is 103 Å². The van der Waals surface area contributed by atoms with Gasteiger partial charge in [-0.1, -0.05) is 0 Å². The van der Waals surface area contributed by atoms with Gasteiger partial charge in [0.15, 0.2) is 0 Å². The zero-order chi connectivity index (χ0) is 13.2. The highest BCUT2D eigenvalue weighted by Gasteiger charge is 2.33. The first-order valence-corrected chi connectivity index (χ1v) is 5.86. The normalized spacial score (nSPS) is 18.1. The topological polar surface area (TPSA) is 55.0 Å². The van der Waals surface area contributed by atoms with Crippen molar-refractivity contribution < 1.29 is 13.2 Å². The largest absolute Gasteiger partial charge is 0.433 e. The van der Waals surface area contributed by atoms with Crippen LogP contribution in [0.15, 0.2) is 12.3 Å². The first kappa shape index (κ1) is 13.1. The van der Waals surface area contributed by atoms with E-state index in [1.807, 2.05) is 0 Å². The van der Waals surface area contributed by atoms with Crippen LogP contribution in [0.4, 0.5) is 19.1 Å². The standard InChI is InChI=1S/C11H15F3N4/c12-11(13,14)9-1-4-16-10(17-9)18-5-2-8(7-15)3-6-18/h1,4,8H,2-3,5-7,15H2. The minimum Gasteiger partial charge on any atom is -0.341 e. The van der Waals surface area contributed by atoms with E-state index in [0.29, 0.717) is 25.6 Å². The van der Waals surface area contributed by atoms with E-state index in [2.05, 4.69) is 9.97 Å². The van der Waals surface area contributed by atoms with Gasteiger partial charge in [-0.05, 0) is 31.4 Å². The average Bonchev–Trinajstić information content (AvgIpc) is 2.38. The summed E-state index contributed by atoms with van der Waals surface area (Å²) in [6.07, 6.45) is -1.53. The molecule has 18 heavy (non-hydrogen) atoms. The van der Waals surface area contributed by atoms with Crippen molar-refractivity contribution in [1.29, 1.82) is 0 Å². The predicted molar refractivity (Wildman–Crippen MR) is 61.0 cm³/mol. The highest BCUT2D eigenvalue weighted by molar-refractivity contribution is 5.31. The molecule has 1 saturated heterocycles. The van der Waals surface area contributed by atoms with Gasteiger partial charge in [0.2, 0.25) is 5.95 Å². The van der Waals surface area contributed by atoms with Crippen LogP contribution in [-0.4, -0.2) is 29.6 Å². The molecule has 1 aromatic rings. The van der Waals surface area contributed by atoms with Crippen molar-refractivity contribution in [3.8, 4) is 0 Å². The number of hydrogen-bond acceptors (Lipinski definition) is 4. The third-order valence-electron chi connectivity index (χ3n) is 3.16. The van der Waals surface area contributed by atoms with Crippen LogP contribution in [0.1, 0.15) is 18.5 Å². The number of nitrogens with two attached hydrogens (primary N) is 1. The van der Waals surface area contributed by atoms with E-state index in [-0.39, 0.29) is 5.95 Å². The third-order valence-corrected chi connectivity index (χ3v) is 3.16. The molecule has 2 rings (SSSR count). The average molecular weight is 260 g/mol. The minimum atomic E-state index is -4.42. The molecule has 0 aromatic carbocycles. The maximum Gasteiger partial charge on any atom is 0.433 e. The first-order chi connectivity index (χ1) is 8.50. The van der Waals surface area contributed by atoms with Gasteiger partial charge in [-0.25, -0.2) is 9.97 Å². The van der Waals surface area contributed by atoms with Gasteiger partial charge in [0.1, 0.15) is 5.69 Å². The number of alkyl halides is 3. The lowest BCUT2D eigenvalue weighted by Gasteiger charge is -2.31. The summed E-state index contributed by atoms with van der Waals surface area (Å²) >= 11 is 0. The lowest BCUT2D eigenvalue weighted by atomic mass is 9.97. The van der Waals surface area contributed by atoms with Gasteiger partial charge >= 0.3 is 6.18 Å². The fourth-order valence-electron chi connectivity index (χ4n) is 2.03. The lowest BCUT2D eigenvalue weighted by molar-refractivity contribution is -0.141. The van der Waals surface area contributed by atoms with Crippen LogP contribution in [0.5, 0.6) is 0 Å². The van der Waals surface area contributed by atoms with Gasteiger partial charge < -0.3 is 10.6 Å². The van der Waals surface area contributed by atoms with Gasteiger partial charge in [0.25, 0.3) is 0 Å². The second-order valence-corrected chi connectivity index (χ2v) is 4.41. The molecule has 7 heteroatoms.